The van der Waals surface area contributed by atoms with E-state index in [1.165, 1.54) is 0 Å². The van der Waals surface area contributed by atoms with E-state index in [4.69, 9.17) is 4.74 Å². The second-order valence-electron chi connectivity index (χ2n) is 6.31. The minimum absolute atomic E-state index is 0.134. The lowest BCUT2D eigenvalue weighted by molar-refractivity contribution is -0.119. The predicted molar refractivity (Wildman–Crippen MR) is 69.4 cm³/mol. The molecule has 1 aliphatic heterocycles. The van der Waals surface area contributed by atoms with Crippen LogP contribution in [-0.4, -0.2) is 40.4 Å². The minimum atomic E-state index is -1.01. The van der Waals surface area contributed by atoms with Crippen molar-refractivity contribution >= 4 is 5.78 Å². The van der Waals surface area contributed by atoms with E-state index in [1.54, 1.807) is 6.08 Å². The highest BCUT2D eigenvalue weighted by Crippen LogP contribution is 2.63. The molecule has 4 heteroatoms. The summed E-state index contributed by atoms with van der Waals surface area (Å²) in [4.78, 5) is 12.3. The Morgan fingerprint density at radius 1 is 1.63 bits per heavy atom. The lowest BCUT2D eigenvalue weighted by Crippen LogP contribution is -2.49. The maximum atomic E-state index is 12.3. The first-order valence-corrected chi connectivity index (χ1v) is 6.77. The molecule has 0 aromatic carbocycles. The van der Waals surface area contributed by atoms with Gasteiger partial charge < -0.3 is 14.9 Å². The molecular weight excluding hydrogens is 244 g/mol. The van der Waals surface area contributed by atoms with Crippen molar-refractivity contribution in [3.8, 4) is 0 Å². The van der Waals surface area contributed by atoms with Gasteiger partial charge in [-0.25, -0.2) is 0 Å². The molecule has 1 heterocycles. The number of carbonyl (C=O) groups is 1. The molecule has 2 N–H and O–H groups in total. The van der Waals surface area contributed by atoms with Crippen LogP contribution in [0.4, 0.5) is 0 Å². The van der Waals surface area contributed by atoms with Crippen LogP contribution in [0.1, 0.15) is 26.7 Å². The number of fused-ring (bicyclic) bond motifs is 3. The summed E-state index contributed by atoms with van der Waals surface area (Å²) in [5.74, 6) is 0.0966. The third kappa shape index (κ3) is 1.42. The molecule has 2 fully saturated rings. The van der Waals surface area contributed by atoms with E-state index in [2.05, 4.69) is 20.4 Å². The molecule has 1 saturated carbocycles. The van der Waals surface area contributed by atoms with Gasteiger partial charge >= 0.3 is 0 Å². The van der Waals surface area contributed by atoms with Crippen LogP contribution < -0.4 is 0 Å². The number of aliphatic hydroxyl groups is 2. The molecule has 0 aromatic rings. The Balaban J connectivity index is 2.06. The van der Waals surface area contributed by atoms with Crippen molar-refractivity contribution in [3.05, 3.63) is 23.8 Å². The van der Waals surface area contributed by atoms with Crippen molar-refractivity contribution in [1.29, 1.82) is 0 Å². The highest BCUT2D eigenvalue weighted by molar-refractivity contribution is 6.04. The summed E-state index contributed by atoms with van der Waals surface area (Å²) < 4.78 is 5.77. The fourth-order valence-electron chi connectivity index (χ4n) is 3.88. The number of ether oxygens (including phenoxy) is 1. The van der Waals surface area contributed by atoms with E-state index in [1.807, 2.05) is 0 Å². The number of hydrogen-bond donors (Lipinski definition) is 2. The first kappa shape index (κ1) is 13.0. The fourth-order valence-corrected chi connectivity index (χ4v) is 3.88. The van der Waals surface area contributed by atoms with Crippen LogP contribution in [0.2, 0.25) is 0 Å². The third-order valence-corrected chi connectivity index (χ3v) is 5.34. The van der Waals surface area contributed by atoms with Crippen molar-refractivity contribution in [3.63, 3.8) is 0 Å². The summed E-state index contributed by atoms with van der Waals surface area (Å²) in [6.45, 7) is 7.74. The molecular formula is C15H20O4. The molecule has 0 radical (unpaired) electrons. The van der Waals surface area contributed by atoms with E-state index >= 15 is 0 Å². The van der Waals surface area contributed by atoms with Crippen LogP contribution in [0.5, 0.6) is 0 Å². The van der Waals surface area contributed by atoms with E-state index in [9.17, 15) is 15.0 Å². The molecule has 19 heavy (non-hydrogen) atoms. The average molecular weight is 264 g/mol. The van der Waals surface area contributed by atoms with Crippen molar-refractivity contribution in [1.82, 2.24) is 0 Å². The summed E-state index contributed by atoms with van der Waals surface area (Å²) >= 11 is 0. The van der Waals surface area contributed by atoms with Crippen LogP contribution in [0, 0.1) is 11.3 Å². The van der Waals surface area contributed by atoms with Crippen LogP contribution in [0.3, 0.4) is 0 Å². The monoisotopic (exact) mass is 264 g/mol. The van der Waals surface area contributed by atoms with E-state index in [0.29, 0.717) is 18.4 Å². The minimum Gasteiger partial charge on any atom is -0.393 e. The average Bonchev–Trinajstić information content (AvgIpc) is 3.11. The first-order chi connectivity index (χ1) is 8.87. The second kappa shape index (κ2) is 3.78. The molecule has 104 valence electrons. The van der Waals surface area contributed by atoms with Gasteiger partial charge in [-0.2, -0.15) is 0 Å². The molecule has 0 spiro atoms. The highest BCUT2D eigenvalue weighted by atomic mass is 16.6. The number of epoxide rings is 1. The SMILES string of the molecule is C=C(CO)C12OC1C1(C)C(=CC2=O)CC(O)CC1C. The van der Waals surface area contributed by atoms with Crippen molar-refractivity contribution in [2.45, 2.75) is 44.5 Å². The molecule has 1 saturated heterocycles. The lowest BCUT2D eigenvalue weighted by Gasteiger charge is -2.45. The van der Waals surface area contributed by atoms with Gasteiger partial charge in [-0.1, -0.05) is 26.0 Å². The molecule has 5 atom stereocenters. The molecule has 3 aliphatic rings. The van der Waals surface area contributed by atoms with Gasteiger partial charge in [0.05, 0.1) is 12.7 Å². The Morgan fingerprint density at radius 2 is 2.32 bits per heavy atom. The van der Waals surface area contributed by atoms with Crippen LogP contribution in [0.25, 0.3) is 0 Å². The number of aliphatic hydroxyl groups excluding tert-OH is 2. The second-order valence-corrected chi connectivity index (χ2v) is 6.31. The van der Waals surface area contributed by atoms with Gasteiger partial charge in [0, 0.05) is 5.41 Å². The smallest absolute Gasteiger partial charge is 0.194 e. The standard InChI is InChI=1S/C15H20O4/c1-8-4-11(17)5-10-6-12(18)15(9(2)7-16)13(19-15)14(8,10)3/h6,8,11,13,16-17H,2,4-5,7H2,1,3H3. The van der Waals surface area contributed by atoms with Gasteiger partial charge in [0.2, 0.25) is 0 Å². The van der Waals surface area contributed by atoms with Gasteiger partial charge in [-0.3, -0.25) is 4.79 Å². The summed E-state index contributed by atoms with van der Waals surface area (Å²) in [6.07, 6.45) is 2.24. The highest BCUT2D eigenvalue weighted by Gasteiger charge is 2.73. The number of hydrogen-bond acceptors (Lipinski definition) is 4. The Bertz CT molecular complexity index is 494. The van der Waals surface area contributed by atoms with Crippen molar-refractivity contribution < 1.29 is 19.7 Å². The predicted octanol–water partition coefficient (Wildman–Crippen LogP) is 0.979. The quantitative estimate of drug-likeness (QED) is 0.576. The Morgan fingerprint density at radius 3 is 2.95 bits per heavy atom. The Labute approximate surface area is 112 Å². The zero-order valence-corrected chi connectivity index (χ0v) is 11.3. The molecule has 0 aromatic heterocycles. The summed E-state index contributed by atoms with van der Waals surface area (Å²) in [7, 11) is 0. The number of rotatable bonds is 2. The zero-order chi connectivity index (χ0) is 14.0. The summed E-state index contributed by atoms with van der Waals surface area (Å²) in [5.41, 5.74) is 0.166. The van der Waals surface area contributed by atoms with Gasteiger partial charge in [0.15, 0.2) is 11.4 Å². The maximum absolute atomic E-state index is 12.3. The van der Waals surface area contributed by atoms with Crippen LogP contribution in [-0.2, 0) is 9.53 Å². The Hall–Kier alpha value is -0.970. The van der Waals surface area contributed by atoms with Crippen molar-refractivity contribution in [2.24, 2.45) is 11.3 Å². The molecule has 0 bridgehead atoms. The normalized spacial score (nSPS) is 48.1. The van der Waals surface area contributed by atoms with Gasteiger partial charge in [0.25, 0.3) is 0 Å². The molecule has 3 rings (SSSR count). The van der Waals surface area contributed by atoms with Gasteiger partial charge in [-0.15, -0.1) is 0 Å². The Kier molecular flexibility index (Phi) is 2.59. The maximum Gasteiger partial charge on any atom is 0.194 e. The number of carbonyl (C=O) groups excluding carboxylic acids is 1. The van der Waals surface area contributed by atoms with Gasteiger partial charge in [0.1, 0.15) is 6.10 Å². The third-order valence-electron chi connectivity index (χ3n) is 5.34. The lowest BCUT2D eigenvalue weighted by atomic mass is 9.57. The fraction of sp³-hybridized carbons (Fsp3) is 0.667. The zero-order valence-electron chi connectivity index (χ0n) is 11.3. The van der Waals surface area contributed by atoms with Crippen LogP contribution in [0.15, 0.2) is 23.8 Å². The largest absolute Gasteiger partial charge is 0.393 e. The van der Waals surface area contributed by atoms with Crippen LogP contribution >= 0.6 is 0 Å². The van der Waals surface area contributed by atoms with Gasteiger partial charge in [-0.05, 0) is 30.4 Å². The molecule has 2 aliphatic carbocycles. The van der Waals surface area contributed by atoms with E-state index < -0.39 is 5.60 Å². The van der Waals surface area contributed by atoms with E-state index in [0.717, 1.165) is 5.57 Å². The summed E-state index contributed by atoms with van der Waals surface area (Å²) in [6, 6.07) is 0. The summed E-state index contributed by atoms with van der Waals surface area (Å²) in [5, 5.41) is 19.2. The van der Waals surface area contributed by atoms with E-state index in [-0.39, 0.29) is 35.9 Å². The topological polar surface area (TPSA) is 70.1 Å². The molecule has 5 unspecified atom stereocenters. The van der Waals surface area contributed by atoms with Crippen molar-refractivity contribution in [2.75, 3.05) is 6.61 Å². The molecule has 4 nitrogen and oxygen atoms in total. The first-order valence-electron chi connectivity index (χ1n) is 6.77. The molecule has 0 amide bonds. The number of ketones is 1.